The summed E-state index contributed by atoms with van der Waals surface area (Å²) in [5.74, 6) is 0.0970. The summed E-state index contributed by atoms with van der Waals surface area (Å²) < 4.78 is 0. The van der Waals surface area contributed by atoms with Crippen LogP contribution >= 0.6 is 0 Å². The summed E-state index contributed by atoms with van der Waals surface area (Å²) in [5, 5.41) is 15.5. The topological polar surface area (TPSA) is 61.4 Å². The van der Waals surface area contributed by atoms with Gasteiger partial charge in [-0.3, -0.25) is 4.79 Å². The number of hydrogen-bond acceptors (Lipinski definition) is 3. The van der Waals surface area contributed by atoms with E-state index in [0.717, 1.165) is 22.5 Å². The molecule has 2 aromatic carbocycles. The highest BCUT2D eigenvalue weighted by Crippen LogP contribution is 2.31. The normalized spacial score (nSPS) is 15.1. The monoisotopic (exact) mass is 266 g/mol. The molecule has 0 radical (unpaired) electrons. The van der Waals surface area contributed by atoms with Gasteiger partial charge in [0, 0.05) is 29.2 Å². The van der Waals surface area contributed by atoms with E-state index in [2.05, 4.69) is 10.6 Å². The Bertz CT molecular complexity index is 720. The molecule has 4 nitrogen and oxygen atoms in total. The number of phenols is 1. The van der Waals surface area contributed by atoms with E-state index in [4.69, 9.17) is 0 Å². The number of carbonyl (C=O) groups is 1. The van der Waals surface area contributed by atoms with Gasteiger partial charge in [-0.1, -0.05) is 24.3 Å². The van der Waals surface area contributed by atoms with Gasteiger partial charge in [-0.05, 0) is 24.6 Å². The summed E-state index contributed by atoms with van der Waals surface area (Å²) in [4.78, 5) is 11.9. The Morgan fingerprint density at radius 3 is 2.80 bits per heavy atom. The van der Waals surface area contributed by atoms with Crippen LogP contribution in [0.15, 0.2) is 48.7 Å². The maximum atomic E-state index is 11.9. The van der Waals surface area contributed by atoms with Crippen LogP contribution in [0.3, 0.4) is 0 Å². The number of benzene rings is 2. The molecule has 100 valence electrons. The zero-order chi connectivity index (χ0) is 14.1. The van der Waals surface area contributed by atoms with Crippen molar-refractivity contribution in [2.75, 3.05) is 10.6 Å². The molecule has 0 spiro atoms. The number of nitrogens with one attached hydrogen (secondary N) is 2. The van der Waals surface area contributed by atoms with E-state index in [1.165, 1.54) is 0 Å². The fourth-order valence-corrected chi connectivity index (χ4v) is 2.14. The lowest BCUT2D eigenvalue weighted by atomic mass is 10.1. The van der Waals surface area contributed by atoms with Crippen molar-refractivity contribution in [3.05, 3.63) is 59.8 Å². The first-order valence-electron chi connectivity index (χ1n) is 6.32. The Kier molecular flexibility index (Phi) is 2.91. The second-order valence-electron chi connectivity index (χ2n) is 4.70. The second-order valence-corrected chi connectivity index (χ2v) is 4.70. The molecule has 0 fully saturated rings. The first kappa shape index (κ1) is 12.3. The molecule has 1 aliphatic rings. The van der Waals surface area contributed by atoms with Crippen molar-refractivity contribution in [1.29, 1.82) is 0 Å². The van der Waals surface area contributed by atoms with Crippen LogP contribution in [0.5, 0.6) is 5.75 Å². The number of aromatic hydroxyl groups is 1. The van der Waals surface area contributed by atoms with Crippen molar-refractivity contribution in [3.63, 3.8) is 0 Å². The van der Waals surface area contributed by atoms with Crippen LogP contribution in [-0.2, 0) is 4.79 Å². The molecular weight excluding hydrogens is 252 g/mol. The summed E-state index contributed by atoms with van der Waals surface area (Å²) in [6.45, 7) is 1.83. The molecule has 3 N–H and O–H groups in total. The third-order valence-electron chi connectivity index (χ3n) is 3.30. The van der Waals surface area contributed by atoms with Crippen LogP contribution in [0.4, 0.5) is 11.4 Å². The Morgan fingerprint density at radius 1 is 1.20 bits per heavy atom. The van der Waals surface area contributed by atoms with Gasteiger partial charge in [-0.15, -0.1) is 0 Å². The molecule has 0 aromatic heterocycles. The summed E-state index contributed by atoms with van der Waals surface area (Å²) in [6, 6.07) is 12.8. The number of hydrogen-bond donors (Lipinski definition) is 3. The zero-order valence-electron chi connectivity index (χ0n) is 11.0. The van der Waals surface area contributed by atoms with Crippen molar-refractivity contribution >= 4 is 22.9 Å². The molecule has 1 aliphatic heterocycles. The van der Waals surface area contributed by atoms with E-state index in [-0.39, 0.29) is 11.7 Å². The molecule has 0 aliphatic carbocycles. The molecule has 0 unspecified atom stereocenters. The second kappa shape index (κ2) is 4.74. The number of phenolic OH excluding ortho intramolecular Hbond substituents is 1. The molecule has 0 saturated carbocycles. The number of fused-ring (bicyclic) bond motifs is 1. The summed E-state index contributed by atoms with van der Waals surface area (Å²) in [5.41, 5.74) is 3.82. The lowest BCUT2D eigenvalue weighted by Crippen LogP contribution is -2.05. The van der Waals surface area contributed by atoms with Crippen LogP contribution in [0.2, 0.25) is 0 Å². The minimum Gasteiger partial charge on any atom is -0.508 e. The zero-order valence-corrected chi connectivity index (χ0v) is 11.0. The average Bonchev–Trinajstić information content (AvgIpc) is 2.76. The van der Waals surface area contributed by atoms with E-state index in [1.807, 2.05) is 43.3 Å². The van der Waals surface area contributed by atoms with Gasteiger partial charge >= 0.3 is 0 Å². The van der Waals surface area contributed by atoms with Gasteiger partial charge < -0.3 is 15.7 Å². The maximum absolute atomic E-state index is 11.9. The maximum Gasteiger partial charge on any atom is 0.257 e. The standard InChI is InChI=1S/C16H14N2O2/c1-10-6-7-11(8-15(10)19)17-9-13-12-4-2-3-5-14(12)18-16(13)20/h2-9,17,19H,1H3,(H,18,20)/b13-9+. The SMILES string of the molecule is Cc1ccc(N/C=C2/C(=O)Nc3ccccc32)cc1O. The fourth-order valence-electron chi connectivity index (χ4n) is 2.14. The van der Waals surface area contributed by atoms with Gasteiger partial charge in [0.05, 0.1) is 5.57 Å². The van der Waals surface area contributed by atoms with E-state index >= 15 is 0 Å². The lowest BCUT2D eigenvalue weighted by Gasteiger charge is -2.05. The Morgan fingerprint density at radius 2 is 2.00 bits per heavy atom. The highest BCUT2D eigenvalue weighted by molar-refractivity contribution is 6.31. The number of anilines is 2. The van der Waals surface area contributed by atoms with Gasteiger partial charge in [-0.25, -0.2) is 0 Å². The first-order valence-corrected chi connectivity index (χ1v) is 6.32. The average molecular weight is 266 g/mol. The van der Waals surface area contributed by atoms with Crippen LogP contribution in [-0.4, -0.2) is 11.0 Å². The Labute approximate surface area is 116 Å². The highest BCUT2D eigenvalue weighted by Gasteiger charge is 2.23. The number of aryl methyl sites for hydroxylation is 1. The predicted molar refractivity (Wildman–Crippen MR) is 79.5 cm³/mol. The van der Waals surface area contributed by atoms with Crippen molar-refractivity contribution in [3.8, 4) is 5.75 Å². The molecule has 1 amide bonds. The minimum atomic E-state index is -0.130. The molecule has 3 rings (SSSR count). The third-order valence-corrected chi connectivity index (χ3v) is 3.30. The van der Waals surface area contributed by atoms with Crippen molar-refractivity contribution in [2.45, 2.75) is 6.92 Å². The Balaban J connectivity index is 1.89. The molecule has 2 aromatic rings. The molecular formula is C16H14N2O2. The van der Waals surface area contributed by atoms with Crippen LogP contribution in [0.25, 0.3) is 5.57 Å². The fraction of sp³-hybridized carbons (Fsp3) is 0.0625. The number of amides is 1. The Hall–Kier alpha value is -2.75. The largest absolute Gasteiger partial charge is 0.508 e. The number of carbonyl (C=O) groups excluding carboxylic acids is 1. The van der Waals surface area contributed by atoms with E-state index in [1.54, 1.807) is 12.3 Å². The third kappa shape index (κ3) is 2.12. The van der Waals surface area contributed by atoms with Crippen molar-refractivity contribution < 1.29 is 9.90 Å². The van der Waals surface area contributed by atoms with Gasteiger partial charge in [0.15, 0.2) is 0 Å². The van der Waals surface area contributed by atoms with Gasteiger partial charge in [0.2, 0.25) is 0 Å². The molecule has 0 atom stereocenters. The highest BCUT2D eigenvalue weighted by atomic mass is 16.3. The van der Waals surface area contributed by atoms with E-state index in [0.29, 0.717) is 5.57 Å². The van der Waals surface area contributed by atoms with Gasteiger partial charge in [0.25, 0.3) is 5.91 Å². The van der Waals surface area contributed by atoms with Crippen LogP contribution < -0.4 is 10.6 Å². The summed E-state index contributed by atoms with van der Waals surface area (Å²) >= 11 is 0. The van der Waals surface area contributed by atoms with Crippen molar-refractivity contribution in [2.24, 2.45) is 0 Å². The first-order chi connectivity index (χ1) is 9.65. The molecule has 0 saturated heterocycles. The summed E-state index contributed by atoms with van der Waals surface area (Å²) in [7, 11) is 0. The molecule has 20 heavy (non-hydrogen) atoms. The molecule has 0 bridgehead atoms. The van der Waals surface area contributed by atoms with Gasteiger partial charge in [-0.2, -0.15) is 0 Å². The number of rotatable bonds is 2. The van der Waals surface area contributed by atoms with Gasteiger partial charge in [0.1, 0.15) is 5.75 Å². The predicted octanol–water partition coefficient (Wildman–Crippen LogP) is 3.11. The van der Waals surface area contributed by atoms with E-state index < -0.39 is 0 Å². The number of para-hydroxylation sites is 1. The van der Waals surface area contributed by atoms with Crippen LogP contribution in [0, 0.1) is 6.92 Å². The van der Waals surface area contributed by atoms with Crippen molar-refractivity contribution in [1.82, 2.24) is 0 Å². The lowest BCUT2D eigenvalue weighted by molar-refractivity contribution is -0.110. The molecule has 4 heteroatoms. The minimum absolute atomic E-state index is 0.130. The van der Waals surface area contributed by atoms with Crippen LogP contribution in [0.1, 0.15) is 11.1 Å². The quantitative estimate of drug-likeness (QED) is 0.732. The van der Waals surface area contributed by atoms with E-state index in [9.17, 15) is 9.90 Å². The smallest absolute Gasteiger partial charge is 0.257 e. The molecule has 1 heterocycles. The summed E-state index contributed by atoms with van der Waals surface area (Å²) in [6.07, 6.45) is 1.66.